The number of Topliss-reactive ketones (excluding diaryl/α,β-unsaturated/α-hetero) is 1. The Morgan fingerprint density at radius 1 is 1.23 bits per heavy atom. The molecule has 4 rings (SSSR count). The van der Waals surface area contributed by atoms with Crippen LogP contribution in [-0.4, -0.2) is 28.9 Å². The Labute approximate surface area is 175 Å². The summed E-state index contributed by atoms with van der Waals surface area (Å²) in [7, 11) is 1.53. The quantitative estimate of drug-likeness (QED) is 0.385. The van der Waals surface area contributed by atoms with Crippen LogP contribution in [-0.2, 0) is 9.59 Å². The van der Waals surface area contributed by atoms with Crippen molar-refractivity contribution in [2.24, 2.45) is 0 Å². The summed E-state index contributed by atoms with van der Waals surface area (Å²) in [5, 5.41) is 13.0. The SMILES string of the molecule is COc1ccc(C(O)=C2C(=O)C(=O)N(c3nccs3)[C@H]2c2cccc(F)c2)cc1C. The van der Waals surface area contributed by atoms with Crippen molar-refractivity contribution in [2.45, 2.75) is 13.0 Å². The molecule has 1 fully saturated rings. The molecule has 1 N–H and O–H groups in total. The molecule has 1 amide bonds. The Morgan fingerprint density at radius 3 is 2.67 bits per heavy atom. The number of aromatic nitrogens is 1. The number of anilines is 1. The number of aryl methyl sites for hydroxylation is 1. The second-order valence-electron chi connectivity index (χ2n) is 6.72. The van der Waals surface area contributed by atoms with Gasteiger partial charge in [-0.3, -0.25) is 14.5 Å². The van der Waals surface area contributed by atoms with Gasteiger partial charge >= 0.3 is 5.91 Å². The molecule has 3 aromatic rings. The van der Waals surface area contributed by atoms with Crippen molar-refractivity contribution >= 4 is 33.9 Å². The third-order valence-corrected chi connectivity index (χ3v) is 5.67. The fourth-order valence-corrected chi connectivity index (χ4v) is 4.21. The molecule has 1 atom stereocenters. The molecule has 1 aliphatic heterocycles. The van der Waals surface area contributed by atoms with E-state index in [1.165, 1.54) is 47.7 Å². The molecule has 0 saturated carbocycles. The van der Waals surface area contributed by atoms with Gasteiger partial charge in [0.15, 0.2) is 5.13 Å². The van der Waals surface area contributed by atoms with Crippen molar-refractivity contribution in [1.29, 1.82) is 0 Å². The lowest BCUT2D eigenvalue weighted by Gasteiger charge is -2.23. The molecular formula is C22H17FN2O4S. The van der Waals surface area contributed by atoms with Crippen LogP contribution in [0.2, 0.25) is 0 Å². The first-order valence-electron chi connectivity index (χ1n) is 9.03. The lowest BCUT2D eigenvalue weighted by molar-refractivity contribution is -0.132. The fraction of sp³-hybridized carbons (Fsp3) is 0.136. The molecule has 1 aliphatic rings. The van der Waals surface area contributed by atoms with Crippen molar-refractivity contribution in [3.8, 4) is 5.75 Å². The number of hydrogen-bond acceptors (Lipinski definition) is 6. The number of nitrogens with zero attached hydrogens (tertiary/aromatic N) is 2. The van der Waals surface area contributed by atoms with Gasteiger partial charge in [-0.25, -0.2) is 9.37 Å². The van der Waals surface area contributed by atoms with Crippen LogP contribution in [0.15, 0.2) is 59.6 Å². The van der Waals surface area contributed by atoms with Gasteiger partial charge in [0, 0.05) is 17.1 Å². The van der Waals surface area contributed by atoms with E-state index >= 15 is 0 Å². The van der Waals surface area contributed by atoms with E-state index in [1.807, 2.05) is 0 Å². The predicted molar refractivity (Wildman–Crippen MR) is 111 cm³/mol. The molecule has 0 unspecified atom stereocenters. The number of amides is 1. The Balaban J connectivity index is 1.94. The zero-order valence-electron chi connectivity index (χ0n) is 16.1. The second kappa shape index (κ2) is 7.72. The van der Waals surface area contributed by atoms with Crippen molar-refractivity contribution in [1.82, 2.24) is 4.98 Å². The number of carbonyl (C=O) groups excluding carboxylic acids is 2. The molecule has 6 nitrogen and oxygen atoms in total. The van der Waals surface area contributed by atoms with Crippen LogP contribution < -0.4 is 9.64 Å². The number of ether oxygens (including phenoxy) is 1. The second-order valence-corrected chi connectivity index (χ2v) is 7.60. The van der Waals surface area contributed by atoms with Crippen LogP contribution in [0.25, 0.3) is 5.76 Å². The molecule has 1 aromatic heterocycles. The molecule has 2 aromatic carbocycles. The molecule has 0 bridgehead atoms. The smallest absolute Gasteiger partial charge is 0.301 e. The Morgan fingerprint density at radius 2 is 2.03 bits per heavy atom. The fourth-order valence-electron chi connectivity index (χ4n) is 3.54. The minimum absolute atomic E-state index is 0.120. The zero-order valence-corrected chi connectivity index (χ0v) is 16.9. The molecule has 152 valence electrons. The van der Waals surface area contributed by atoms with E-state index in [9.17, 15) is 19.1 Å². The molecule has 0 aliphatic carbocycles. The van der Waals surface area contributed by atoms with Crippen molar-refractivity contribution in [2.75, 3.05) is 12.0 Å². The maximum absolute atomic E-state index is 14.0. The van der Waals surface area contributed by atoms with Crippen molar-refractivity contribution < 1.29 is 23.8 Å². The van der Waals surface area contributed by atoms with Gasteiger partial charge in [0.05, 0.1) is 18.7 Å². The Kier molecular flexibility index (Phi) is 5.09. The summed E-state index contributed by atoms with van der Waals surface area (Å²) in [5.41, 5.74) is 1.34. The molecule has 30 heavy (non-hydrogen) atoms. The number of thiazole rings is 1. The molecule has 0 spiro atoms. The largest absolute Gasteiger partial charge is 0.507 e. The number of aliphatic hydroxyl groups excluding tert-OH is 1. The Hall–Kier alpha value is -3.52. The van der Waals surface area contributed by atoms with Crippen LogP contribution >= 0.6 is 11.3 Å². The maximum Gasteiger partial charge on any atom is 0.301 e. The van der Waals surface area contributed by atoms with E-state index in [1.54, 1.807) is 36.6 Å². The van der Waals surface area contributed by atoms with Crippen LogP contribution in [0.3, 0.4) is 0 Å². The Bertz CT molecular complexity index is 1170. The number of carbonyl (C=O) groups is 2. The van der Waals surface area contributed by atoms with E-state index < -0.39 is 23.5 Å². The molecule has 1 saturated heterocycles. The van der Waals surface area contributed by atoms with Crippen molar-refractivity contribution in [3.05, 3.63) is 82.1 Å². The van der Waals surface area contributed by atoms with Crippen LogP contribution in [0.1, 0.15) is 22.7 Å². The minimum Gasteiger partial charge on any atom is -0.507 e. The summed E-state index contributed by atoms with van der Waals surface area (Å²) in [4.78, 5) is 31.2. The minimum atomic E-state index is -1.01. The third-order valence-electron chi connectivity index (χ3n) is 4.90. The molecule has 0 radical (unpaired) electrons. The number of ketones is 1. The predicted octanol–water partition coefficient (Wildman–Crippen LogP) is 4.23. The maximum atomic E-state index is 14.0. The number of hydrogen-bond donors (Lipinski definition) is 1. The first-order valence-corrected chi connectivity index (χ1v) is 9.91. The summed E-state index contributed by atoms with van der Waals surface area (Å²) >= 11 is 1.17. The topological polar surface area (TPSA) is 79.7 Å². The normalized spacial score (nSPS) is 18.1. The summed E-state index contributed by atoms with van der Waals surface area (Å²) in [6.45, 7) is 1.80. The van der Waals surface area contributed by atoms with Gasteiger partial charge < -0.3 is 9.84 Å². The van der Waals surface area contributed by atoms with E-state index in [-0.39, 0.29) is 16.5 Å². The highest BCUT2D eigenvalue weighted by Crippen LogP contribution is 2.43. The van der Waals surface area contributed by atoms with E-state index in [0.717, 1.165) is 5.56 Å². The van der Waals surface area contributed by atoms with Gasteiger partial charge in [0.2, 0.25) is 0 Å². The van der Waals surface area contributed by atoms with E-state index in [2.05, 4.69) is 4.98 Å². The summed E-state index contributed by atoms with van der Waals surface area (Å²) in [6, 6.07) is 9.52. The first-order chi connectivity index (χ1) is 14.4. The highest BCUT2D eigenvalue weighted by molar-refractivity contribution is 7.14. The van der Waals surface area contributed by atoms with Gasteiger partial charge in [0.1, 0.15) is 17.3 Å². The lowest BCUT2D eigenvalue weighted by atomic mass is 9.95. The molecule has 2 heterocycles. The van der Waals surface area contributed by atoms with E-state index in [0.29, 0.717) is 16.9 Å². The van der Waals surface area contributed by atoms with Crippen LogP contribution in [0.4, 0.5) is 9.52 Å². The number of methoxy groups -OCH3 is 1. The van der Waals surface area contributed by atoms with Gasteiger partial charge in [-0.1, -0.05) is 12.1 Å². The summed E-state index contributed by atoms with van der Waals surface area (Å²) in [5.74, 6) is -1.92. The van der Waals surface area contributed by atoms with E-state index in [4.69, 9.17) is 4.74 Å². The van der Waals surface area contributed by atoms with Gasteiger partial charge in [-0.05, 0) is 48.4 Å². The summed E-state index contributed by atoms with van der Waals surface area (Å²) in [6.07, 6.45) is 1.51. The highest BCUT2D eigenvalue weighted by Gasteiger charge is 2.48. The van der Waals surface area contributed by atoms with Gasteiger partial charge in [0.25, 0.3) is 5.78 Å². The van der Waals surface area contributed by atoms with Crippen LogP contribution in [0, 0.1) is 12.7 Å². The monoisotopic (exact) mass is 424 g/mol. The van der Waals surface area contributed by atoms with Crippen molar-refractivity contribution in [3.63, 3.8) is 0 Å². The molecular weight excluding hydrogens is 407 g/mol. The zero-order chi connectivity index (χ0) is 21.4. The summed E-state index contributed by atoms with van der Waals surface area (Å²) < 4.78 is 19.2. The number of halogens is 1. The van der Waals surface area contributed by atoms with Gasteiger partial charge in [-0.2, -0.15) is 0 Å². The van der Waals surface area contributed by atoms with Crippen LogP contribution in [0.5, 0.6) is 5.75 Å². The number of rotatable bonds is 4. The lowest BCUT2D eigenvalue weighted by Crippen LogP contribution is -2.29. The highest BCUT2D eigenvalue weighted by atomic mass is 32.1. The standard InChI is InChI=1S/C22H17FN2O4S/c1-12-10-14(6-7-16(12)29-2)19(26)17-18(13-4-3-5-15(23)11-13)25(21(28)20(17)27)22-24-8-9-30-22/h3-11,18,26H,1-2H3/t18-/m0/s1. The number of aliphatic hydroxyl groups is 1. The number of benzene rings is 2. The molecule has 8 heteroatoms. The third kappa shape index (κ3) is 3.25. The average molecular weight is 424 g/mol. The van der Waals surface area contributed by atoms with Gasteiger partial charge in [-0.15, -0.1) is 11.3 Å². The first kappa shape index (κ1) is 19.8. The average Bonchev–Trinajstić information content (AvgIpc) is 3.34.